The van der Waals surface area contributed by atoms with Crippen molar-refractivity contribution in [2.24, 2.45) is 0 Å². The Morgan fingerprint density at radius 3 is 2.95 bits per heavy atom. The van der Waals surface area contributed by atoms with E-state index in [0.29, 0.717) is 19.1 Å². The number of nitrogens with one attached hydrogen (secondary N) is 1. The van der Waals surface area contributed by atoms with Crippen LogP contribution in [0.15, 0.2) is 36.7 Å². The summed E-state index contributed by atoms with van der Waals surface area (Å²) in [5.41, 5.74) is 0.947. The highest BCUT2D eigenvalue weighted by Gasteiger charge is 2.08. The van der Waals surface area contributed by atoms with Crippen LogP contribution in [0.1, 0.15) is 6.92 Å². The van der Waals surface area contributed by atoms with Crippen molar-refractivity contribution in [1.82, 2.24) is 20.1 Å². The molecule has 1 aromatic carbocycles. The lowest BCUT2D eigenvalue weighted by atomic mass is 10.3. The second-order valence-electron chi connectivity index (χ2n) is 4.07. The Bertz CT molecular complexity index is 544. The van der Waals surface area contributed by atoms with Gasteiger partial charge in [-0.05, 0) is 19.1 Å². The van der Waals surface area contributed by atoms with Crippen LogP contribution in [0, 0.1) is 12.3 Å². The van der Waals surface area contributed by atoms with E-state index < -0.39 is 0 Å². The van der Waals surface area contributed by atoms with Crippen LogP contribution in [0.5, 0.6) is 6.01 Å². The molecule has 0 fully saturated rings. The molecule has 1 aromatic heterocycles. The summed E-state index contributed by atoms with van der Waals surface area (Å²) in [6.45, 7) is 3.12. The highest BCUT2D eigenvalue weighted by molar-refractivity contribution is 5.29. The first-order valence-electron chi connectivity index (χ1n) is 6.07. The lowest BCUT2D eigenvalue weighted by molar-refractivity contribution is 0.201. The third-order valence-corrected chi connectivity index (χ3v) is 2.46. The van der Waals surface area contributed by atoms with Crippen LogP contribution in [0.4, 0.5) is 0 Å². The molecule has 1 atom stereocenters. The van der Waals surface area contributed by atoms with Crippen molar-refractivity contribution < 1.29 is 4.74 Å². The number of para-hydroxylation sites is 1. The maximum absolute atomic E-state index is 5.59. The molecule has 2 rings (SSSR count). The highest BCUT2D eigenvalue weighted by Crippen LogP contribution is 2.09. The molecule has 1 heterocycles. The smallest absolute Gasteiger partial charge is 0.336 e. The van der Waals surface area contributed by atoms with E-state index in [9.17, 15) is 0 Å². The first-order chi connectivity index (χ1) is 9.29. The number of aromatic nitrogens is 3. The number of ether oxygens (including phenoxy) is 1. The van der Waals surface area contributed by atoms with E-state index in [1.54, 1.807) is 11.0 Å². The maximum atomic E-state index is 5.59. The van der Waals surface area contributed by atoms with Gasteiger partial charge in [-0.3, -0.25) is 0 Å². The van der Waals surface area contributed by atoms with Gasteiger partial charge < -0.3 is 10.1 Å². The van der Waals surface area contributed by atoms with Gasteiger partial charge in [0, 0.05) is 6.54 Å². The highest BCUT2D eigenvalue weighted by atomic mass is 16.5. The Morgan fingerprint density at radius 1 is 1.42 bits per heavy atom. The van der Waals surface area contributed by atoms with Crippen molar-refractivity contribution >= 4 is 0 Å². The summed E-state index contributed by atoms with van der Waals surface area (Å²) in [6.07, 6.45) is 6.74. The third-order valence-electron chi connectivity index (χ3n) is 2.46. The maximum Gasteiger partial charge on any atom is 0.336 e. The summed E-state index contributed by atoms with van der Waals surface area (Å²) in [5.74, 6) is 2.51. The monoisotopic (exact) mass is 256 g/mol. The molecule has 0 amide bonds. The number of nitrogens with zero attached hydrogens (tertiary/aromatic N) is 3. The van der Waals surface area contributed by atoms with Crippen molar-refractivity contribution in [3.8, 4) is 24.0 Å². The van der Waals surface area contributed by atoms with E-state index in [-0.39, 0.29) is 6.10 Å². The summed E-state index contributed by atoms with van der Waals surface area (Å²) in [5, 5.41) is 7.33. The van der Waals surface area contributed by atoms with Gasteiger partial charge in [0.15, 0.2) is 0 Å². The standard InChI is InChI=1S/C14H16N4O/c1-3-9-15-10-12(2)19-14-16-11-18(17-14)13-7-5-4-6-8-13/h1,4-8,11-12,15H,9-10H2,2H3. The molecule has 0 saturated heterocycles. The summed E-state index contributed by atoms with van der Waals surface area (Å²) < 4.78 is 7.27. The Morgan fingerprint density at radius 2 is 2.21 bits per heavy atom. The van der Waals surface area contributed by atoms with Gasteiger partial charge in [-0.1, -0.05) is 24.1 Å². The summed E-state index contributed by atoms with van der Waals surface area (Å²) >= 11 is 0. The average Bonchev–Trinajstić information content (AvgIpc) is 2.88. The normalized spacial score (nSPS) is 11.8. The fourth-order valence-corrected chi connectivity index (χ4v) is 1.58. The zero-order valence-electron chi connectivity index (χ0n) is 10.8. The van der Waals surface area contributed by atoms with Gasteiger partial charge in [0.1, 0.15) is 12.4 Å². The minimum absolute atomic E-state index is 0.0417. The van der Waals surface area contributed by atoms with Crippen molar-refractivity contribution in [2.45, 2.75) is 13.0 Å². The molecule has 1 N–H and O–H groups in total. The molecule has 0 saturated carbocycles. The Balaban J connectivity index is 1.93. The van der Waals surface area contributed by atoms with Crippen LogP contribution in [0.2, 0.25) is 0 Å². The Labute approximate surface area is 112 Å². The van der Waals surface area contributed by atoms with E-state index in [4.69, 9.17) is 11.2 Å². The number of hydrogen-bond acceptors (Lipinski definition) is 4. The zero-order chi connectivity index (χ0) is 13.5. The second-order valence-corrected chi connectivity index (χ2v) is 4.07. The molecule has 0 aliphatic carbocycles. The van der Waals surface area contributed by atoms with Crippen LogP contribution in [-0.4, -0.2) is 34.0 Å². The lowest BCUT2D eigenvalue weighted by Gasteiger charge is -2.11. The van der Waals surface area contributed by atoms with Crippen molar-refractivity contribution in [3.63, 3.8) is 0 Å². The predicted octanol–water partition coefficient (Wildman–Crippen LogP) is 1.26. The number of benzene rings is 1. The van der Waals surface area contributed by atoms with E-state index in [2.05, 4.69) is 21.3 Å². The molecule has 0 aliphatic heterocycles. The molecular formula is C14H16N4O. The van der Waals surface area contributed by atoms with Gasteiger partial charge in [0.2, 0.25) is 0 Å². The Hall–Kier alpha value is -2.32. The van der Waals surface area contributed by atoms with E-state index >= 15 is 0 Å². The van der Waals surface area contributed by atoms with E-state index in [0.717, 1.165) is 5.69 Å². The first kappa shape index (κ1) is 13.1. The molecular weight excluding hydrogens is 240 g/mol. The molecule has 0 aliphatic rings. The lowest BCUT2D eigenvalue weighted by Crippen LogP contribution is -2.29. The number of rotatable bonds is 6. The van der Waals surface area contributed by atoms with Crippen LogP contribution in [0.3, 0.4) is 0 Å². The van der Waals surface area contributed by atoms with Crippen LogP contribution < -0.4 is 10.1 Å². The summed E-state index contributed by atoms with van der Waals surface area (Å²) in [6, 6.07) is 10.1. The van der Waals surface area contributed by atoms with E-state index in [1.807, 2.05) is 37.3 Å². The third kappa shape index (κ3) is 3.83. The first-order valence-corrected chi connectivity index (χ1v) is 6.07. The molecule has 2 aromatic rings. The quantitative estimate of drug-likeness (QED) is 0.624. The van der Waals surface area contributed by atoms with E-state index in [1.165, 1.54) is 0 Å². The number of hydrogen-bond donors (Lipinski definition) is 1. The van der Waals surface area contributed by atoms with Crippen LogP contribution in [0.25, 0.3) is 5.69 Å². The molecule has 0 spiro atoms. The molecule has 5 heteroatoms. The van der Waals surface area contributed by atoms with Crippen molar-refractivity contribution in [1.29, 1.82) is 0 Å². The molecule has 98 valence electrons. The minimum Gasteiger partial charge on any atom is -0.458 e. The molecule has 5 nitrogen and oxygen atoms in total. The SMILES string of the molecule is C#CCNCC(C)Oc1ncn(-c2ccccc2)n1. The Kier molecular flexibility index (Phi) is 4.54. The van der Waals surface area contributed by atoms with Crippen LogP contribution in [-0.2, 0) is 0 Å². The van der Waals surface area contributed by atoms with Crippen LogP contribution >= 0.6 is 0 Å². The summed E-state index contributed by atoms with van der Waals surface area (Å²) in [7, 11) is 0. The topological polar surface area (TPSA) is 52.0 Å². The average molecular weight is 256 g/mol. The zero-order valence-corrected chi connectivity index (χ0v) is 10.8. The van der Waals surface area contributed by atoms with Gasteiger partial charge >= 0.3 is 6.01 Å². The number of terminal acetylenes is 1. The molecule has 1 unspecified atom stereocenters. The van der Waals surface area contributed by atoms with Crippen molar-refractivity contribution in [2.75, 3.05) is 13.1 Å². The van der Waals surface area contributed by atoms with Gasteiger partial charge in [-0.25, -0.2) is 4.68 Å². The fourth-order valence-electron chi connectivity index (χ4n) is 1.58. The summed E-state index contributed by atoms with van der Waals surface area (Å²) in [4.78, 5) is 4.12. The minimum atomic E-state index is -0.0417. The second kappa shape index (κ2) is 6.57. The van der Waals surface area contributed by atoms with Crippen molar-refractivity contribution in [3.05, 3.63) is 36.7 Å². The molecule has 0 radical (unpaired) electrons. The molecule has 0 bridgehead atoms. The van der Waals surface area contributed by atoms with Gasteiger partial charge in [0.25, 0.3) is 0 Å². The van der Waals surface area contributed by atoms with Gasteiger partial charge in [-0.15, -0.1) is 11.5 Å². The van der Waals surface area contributed by atoms with Gasteiger partial charge in [-0.2, -0.15) is 4.98 Å². The largest absolute Gasteiger partial charge is 0.458 e. The fraction of sp³-hybridized carbons (Fsp3) is 0.286. The molecule has 19 heavy (non-hydrogen) atoms. The van der Waals surface area contributed by atoms with Gasteiger partial charge in [0.05, 0.1) is 12.2 Å². The predicted molar refractivity (Wildman–Crippen MR) is 73.2 cm³/mol.